The molecule has 3 heterocycles. The van der Waals surface area contributed by atoms with Crippen molar-refractivity contribution in [2.45, 2.75) is 6.02 Å². The fourth-order valence-electron chi connectivity index (χ4n) is 3.75. The van der Waals surface area contributed by atoms with Gasteiger partial charge in [-0.1, -0.05) is 23.7 Å². The first-order chi connectivity index (χ1) is 18.3. The maximum Gasteiger partial charge on any atom is 0.249 e. The topological polar surface area (TPSA) is 134 Å². The first kappa shape index (κ1) is 22.5. The second-order valence-electron chi connectivity index (χ2n) is 7.78. The largest absolute Gasteiger partial charge is 0.373 e. The van der Waals surface area contributed by atoms with Gasteiger partial charge in [0.05, 0.1) is 58.4 Å². The molecule has 9 nitrogen and oxygen atoms in total. The smallest absolute Gasteiger partial charge is 0.249 e. The summed E-state index contributed by atoms with van der Waals surface area (Å²) in [5, 5.41) is 25.7. The van der Waals surface area contributed by atoms with Crippen molar-refractivity contribution in [2.24, 2.45) is 0 Å². The van der Waals surface area contributed by atoms with Gasteiger partial charge in [0.15, 0.2) is 5.82 Å². The number of halogens is 3. The zero-order valence-corrected chi connectivity index (χ0v) is 19.5. The van der Waals surface area contributed by atoms with E-state index in [2.05, 4.69) is 43.1 Å². The van der Waals surface area contributed by atoms with Crippen LogP contribution in [0.25, 0.3) is 10.9 Å². The van der Waals surface area contributed by atoms with Gasteiger partial charge in [-0.15, -0.1) is 0 Å². The SMILES string of the molecule is [2H][C@](Nc1cc(Cl)c2ncc(C#N)c(Nc3cnc(F)c(F)c3)c2c1)(C1=CNNN1)c1cccc(C#N)c1. The van der Waals surface area contributed by atoms with Crippen LogP contribution >= 0.6 is 11.6 Å². The summed E-state index contributed by atoms with van der Waals surface area (Å²) >= 11 is 6.57. The van der Waals surface area contributed by atoms with E-state index in [1.54, 1.807) is 42.6 Å². The van der Waals surface area contributed by atoms with Gasteiger partial charge in [0, 0.05) is 29.5 Å². The molecular weight excluding hydrogens is 500 g/mol. The van der Waals surface area contributed by atoms with Crippen LogP contribution in [0.5, 0.6) is 0 Å². The number of hydrogen-bond donors (Lipinski definition) is 5. The number of hydrazine groups is 2. The van der Waals surface area contributed by atoms with Crippen molar-refractivity contribution >= 4 is 39.6 Å². The number of fused-ring (bicyclic) bond motifs is 1. The second-order valence-corrected chi connectivity index (χ2v) is 8.19. The first-order valence-corrected chi connectivity index (χ1v) is 11.1. The quantitative estimate of drug-likeness (QED) is 0.232. The number of hydrogen-bond acceptors (Lipinski definition) is 9. The number of aromatic nitrogens is 2. The zero-order valence-electron chi connectivity index (χ0n) is 19.7. The molecule has 0 saturated heterocycles. The number of anilines is 3. The van der Waals surface area contributed by atoms with Crippen LogP contribution in [0, 0.1) is 34.4 Å². The lowest BCUT2D eigenvalue weighted by Crippen LogP contribution is -2.33. The monoisotopic (exact) mass is 516 g/mol. The average molecular weight is 517 g/mol. The number of benzene rings is 2. The zero-order chi connectivity index (χ0) is 26.9. The van der Waals surface area contributed by atoms with Crippen LogP contribution in [-0.4, -0.2) is 9.97 Å². The molecule has 0 unspecified atom stereocenters. The Balaban J connectivity index is 1.64. The fraction of sp³-hybridized carbons (Fsp3) is 0.0400. The molecule has 0 fully saturated rings. The lowest BCUT2D eigenvalue weighted by Gasteiger charge is -2.22. The third-order valence-electron chi connectivity index (χ3n) is 5.42. The number of nitriles is 2. The molecule has 2 aromatic carbocycles. The molecule has 2 aromatic heterocycles. The molecule has 1 atom stereocenters. The molecule has 0 radical (unpaired) electrons. The van der Waals surface area contributed by atoms with Crippen molar-refractivity contribution < 1.29 is 10.2 Å². The molecule has 12 heteroatoms. The Labute approximate surface area is 215 Å². The Kier molecular flexibility index (Phi) is 6.05. The van der Waals surface area contributed by atoms with Gasteiger partial charge >= 0.3 is 0 Å². The van der Waals surface area contributed by atoms with Crippen molar-refractivity contribution in [2.75, 3.05) is 10.6 Å². The van der Waals surface area contributed by atoms with Crippen molar-refractivity contribution in [3.05, 3.63) is 100 Å². The summed E-state index contributed by atoms with van der Waals surface area (Å²) in [5.74, 6) is -2.42. The van der Waals surface area contributed by atoms with E-state index in [0.29, 0.717) is 33.4 Å². The highest BCUT2D eigenvalue weighted by atomic mass is 35.5. The van der Waals surface area contributed by atoms with Crippen molar-refractivity contribution in [1.29, 1.82) is 10.5 Å². The van der Waals surface area contributed by atoms with Gasteiger partial charge in [-0.2, -0.15) is 20.4 Å². The molecular formula is C25H16ClF2N9. The summed E-state index contributed by atoms with van der Waals surface area (Å²) in [6.45, 7) is 0. The van der Waals surface area contributed by atoms with Crippen molar-refractivity contribution in [3.8, 4) is 12.1 Å². The van der Waals surface area contributed by atoms with E-state index in [1.807, 2.05) is 6.07 Å². The normalized spacial score (nSPS) is 14.3. The Hall–Kier alpha value is -4.97. The molecule has 0 saturated carbocycles. The van der Waals surface area contributed by atoms with Crippen LogP contribution in [0.15, 0.2) is 66.8 Å². The van der Waals surface area contributed by atoms with Gasteiger partial charge < -0.3 is 21.5 Å². The molecule has 5 rings (SSSR count). The van der Waals surface area contributed by atoms with Gasteiger partial charge in [-0.05, 0) is 29.8 Å². The Bertz CT molecular complexity index is 1700. The van der Waals surface area contributed by atoms with Crippen LogP contribution in [0.1, 0.15) is 24.1 Å². The highest BCUT2D eigenvalue weighted by Gasteiger charge is 2.21. The lowest BCUT2D eigenvalue weighted by molar-refractivity contribution is 0.480. The van der Waals surface area contributed by atoms with E-state index in [9.17, 15) is 20.7 Å². The summed E-state index contributed by atoms with van der Waals surface area (Å²) in [6, 6.07) is 13.2. The van der Waals surface area contributed by atoms with Crippen LogP contribution < -0.4 is 27.0 Å². The molecule has 0 aliphatic carbocycles. The molecule has 0 amide bonds. The molecule has 4 aromatic rings. The Morgan fingerprint density at radius 1 is 1.05 bits per heavy atom. The van der Waals surface area contributed by atoms with Gasteiger partial charge in [0.1, 0.15) is 6.07 Å². The average Bonchev–Trinajstić information content (AvgIpc) is 3.47. The molecule has 182 valence electrons. The minimum Gasteiger partial charge on any atom is -0.373 e. The minimum absolute atomic E-state index is 0.100. The van der Waals surface area contributed by atoms with E-state index in [4.69, 9.17) is 11.6 Å². The standard InChI is InChI=1S/C25H16ClF2N9/c26-19-6-16(34-23(21-12-33-37-36-21)14-3-1-2-13(4-14)8-29)5-18-22(15(9-30)10-31-24(18)19)35-17-7-20(27)25(28)32-11-17/h1-7,10-12,23,33-34,36-37H,(H,31,35)/t23-/m1/s1/i23D. The van der Waals surface area contributed by atoms with Crippen LogP contribution in [0.3, 0.4) is 0 Å². The van der Waals surface area contributed by atoms with E-state index in [-0.39, 0.29) is 22.0 Å². The van der Waals surface area contributed by atoms with E-state index in [0.717, 1.165) is 12.3 Å². The van der Waals surface area contributed by atoms with Crippen molar-refractivity contribution in [3.63, 3.8) is 0 Å². The number of pyridine rings is 2. The fourth-order valence-corrected chi connectivity index (χ4v) is 4.02. The molecule has 1 aliphatic heterocycles. The van der Waals surface area contributed by atoms with E-state index in [1.165, 1.54) is 6.20 Å². The molecule has 0 spiro atoms. The number of rotatable bonds is 6. The molecule has 0 bridgehead atoms. The van der Waals surface area contributed by atoms with Crippen LogP contribution in [0.2, 0.25) is 5.02 Å². The summed E-state index contributed by atoms with van der Waals surface area (Å²) in [6.07, 6.45) is 3.95. The second kappa shape index (κ2) is 9.95. The Morgan fingerprint density at radius 3 is 2.65 bits per heavy atom. The number of nitrogens with one attached hydrogen (secondary N) is 5. The van der Waals surface area contributed by atoms with E-state index < -0.39 is 17.8 Å². The van der Waals surface area contributed by atoms with Crippen LogP contribution in [-0.2, 0) is 0 Å². The Morgan fingerprint density at radius 2 is 1.92 bits per heavy atom. The first-order valence-electron chi connectivity index (χ1n) is 11.2. The van der Waals surface area contributed by atoms with E-state index >= 15 is 0 Å². The third kappa shape index (κ3) is 4.77. The molecule has 37 heavy (non-hydrogen) atoms. The van der Waals surface area contributed by atoms with Gasteiger partial charge in [0.25, 0.3) is 0 Å². The summed E-state index contributed by atoms with van der Waals surface area (Å²) in [7, 11) is 0. The maximum atomic E-state index is 13.8. The number of nitrogens with zero attached hydrogens (tertiary/aromatic N) is 4. The highest BCUT2D eigenvalue weighted by Crippen LogP contribution is 2.36. The highest BCUT2D eigenvalue weighted by molar-refractivity contribution is 6.36. The molecule has 5 N–H and O–H groups in total. The minimum atomic E-state index is -1.63. The predicted molar refractivity (Wildman–Crippen MR) is 134 cm³/mol. The summed E-state index contributed by atoms with van der Waals surface area (Å²) in [5.41, 5.74) is 10.7. The summed E-state index contributed by atoms with van der Waals surface area (Å²) < 4.78 is 36.5. The van der Waals surface area contributed by atoms with Gasteiger partial charge in [-0.25, -0.2) is 9.37 Å². The summed E-state index contributed by atoms with van der Waals surface area (Å²) in [4.78, 5) is 7.65. The van der Waals surface area contributed by atoms with Gasteiger partial charge in [-0.3, -0.25) is 4.98 Å². The van der Waals surface area contributed by atoms with Gasteiger partial charge in [0.2, 0.25) is 5.95 Å². The van der Waals surface area contributed by atoms with Crippen molar-refractivity contribution in [1.82, 2.24) is 26.4 Å². The maximum absolute atomic E-state index is 13.8. The molecule has 1 aliphatic rings. The third-order valence-corrected chi connectivity index (χ3v) is 5.70. The van der Waals surface area contributed by atoms with Crippen LogP contribution in [0.4, 0.5) is 25.8 Å². The predicted octanol–water partition coefficient (Wildman–Crippen LogP) is 4.66. The lowest BCUT2D eigenvalue weighted by atomic mass is 10.0.